The Hall–Kier alpha value is -1.63. The van der Waals surface area contributed by atoms with E-state index in [0.717, 1.165) is 51.8 Å². The highest BCUT2D eigenvalue weighted by Crippen LogP contribution is 2.41. The fourth-order valence-corrected chi connectivity index (χ4v) is 3.88. The van der Waals surface area contributed by atoms with E-state index < -0.39 is 0 Å². The Morgan fingerprint density at radius 2 is 2.22 bits per heavy atom. The maximum absolute atomic E-state index is 10.2. The molecule has 1 heterocycles. The molecule has 0 amide bonds. The summed E-state index contributed by atoms with van der Waals surface area (Å²) in [6.45, 7) is 0.192. The van der Waals surface area contributed by atoms with Crippen LogP contribution in [0.15, 0.2) is 18.2 Å². The summed E-state index contributed by atoms with van der Waals surface area (Å²) in [4.78, 5) is 7.77. The molecule has 0 saturated carbocycles. The van der Waals surface area contributed by atoms with Gasteiger partial charge in [-0.05, 0) is 31.4 Å². The second-order valence-electron chi connectivity index (χ2n) is 5.86. The maximum atomic E-state index is 10.2. The van der Waals surface area contributed by atoms with Gasteiger partial charge in [-0.3, -0.25) is 0 Å². The van der Waals surface area contributed by atoms with Gasteiger partial charge in [-0.2, -0.15) is 0 Å². The number of aryl methyl sites for hydroxylation is 1. The molecule has 0 radical (unpaired) electrons. The van der Waals surface area contributed by atoms with Gasteiger partial charge in [-0.1, -0.05) is 0 Å². The van der Waals surface area contributed by atoms with Crippen molar-refractivity contribution in [1.82, 2.24) is 4.98 Å². The lowest BCUT2D eigenvalue weighted by Crippen LogP contribution is -2.09. The standard InChI is InChI=1S/C17H22N2O3S/c1-19(2)11-7-8-12(15(9-11)22-10-21-3)17-18-13-5-4-6-14(20)16(13)23-17/h7-9,14,20H,4-6,10H2,1-3H3. The highest BCUT2D eigenvalue weighted by Gasteiger charge is 2.24. The topological polar surface area (TPSA) is 54.8 Å². The summed E-state index contributed by atoms with van der Waals surface area (Å²) >= 11 is 1.56. The monoisotopic (exact) mass is 334 g/mol. The van der Waals surface area contributed by atoms with Gasteiger partial charge >= 0.3 is 0 Å². The van der Waals surface area contributed by atoms with Crippen molar-refractivity contribution in [2.45, 2.75) is 25.4 Å². The predicted octanol–water partition coefficient (Wildman–Crippen LogP) is 3.23. The van der Waals surface area contributed by atoms with Crippen LogP contribution in [0.4, 0.5) is 5.69 Å². The lowest BCUT2D eigenvalue weighted by molar-refractivity contribution is 0.0516. The van der Waals surface area contributed by atoms with Gasteiger partial charge in [0.05, 0.1) is 22.2 Å². The Morgan fingerprint density at radius 1 is 1.39 bits per heavy atom. The number of methoxy groups -OCH3 is 1. The molecule has 0 spiro atoms. The van der Waals surface area contributed by atoms with E-state index in [1.807, 2.05) is 37.2 Å². The number of benzene rings is 1. The zero-order chi connectivity index (χ0) is 16.4. The summed E-state index contributed by atoms with van der Waals surface area (Å²) in [6.07, 6.45) is 2.37. The number of aliphatic hydroxyl groups is 1. The normalized spacial score (nSPS) is 17.0. The Labute approximate surface area is 140 Å². The smallest absolute Gasteiger partial charge is 0.188 e. The van der Waals surface area contributed by atoms with Gasteiger partial charge in [-0.25, -0.2) is 4.98 Å². The molecule has 5 nitrogen and oxygen atoms in total. The molecule has 23 heavy (non-hydrogen) atoms. The molecule has 1 aromatic carbocycles. The number of hydrogen-bond acceptors (Lipinski definition) is 6. The van der Waals surface area contributed by atoms with Crippen LogP contribution in [0.25, 0.3) is 10.6 Å². The van der Waals surface area contributed by atoms with Gasteiger partial charge in [-0.15, -0.1) is 11.3 Å². The number of rotatable bonds is 5. The van der Waals surface area contributed by atoms with Crippen molar-refractivity contribution in [2.24, 2.45) is 0 Å². The molecular formula is C17H22N2O3S. The summed E-state index contributed by atoms with van der Waals surface area (Å²) in [5, 5.41) is 11.1. The molecule has 1 aliphatic carbocycles. The van der Waals surface area contributed by atoms with Crippen LogP contribution >= 0.6 is 11.3 Å². The molecule has 0 bridgehead atoms. The van der Waals surface area contributed by atoms with Gasteiger partial charge in [0.1, 0.15) is 10.8 Å². The van der Waals surface area contributed by atoms with Crippen LogP contribution in [-0.2, 0) is 11.2 Å². The van der Waals surface area contributed by atoms with E-state index in [4.69, 9.17) is 14.5 Å². The van der Waals surface area contributed by atoms with Crippen LogP contribution in [0.2, 0.25) is 0 Å². The molecule has 0 fully saturated rings. The SMILES string of the molecule is COCOc1cc(N(C)C)ccc1-c1nc2c(s1)C(O)CCC2. The minimum absolute atomic E-state index is 0.192. The van der Waals surface area contributed by atoms with Crippen LogP contribution in [-0.4, -0.2) is 38.1 Å². The first kappa shape index (κ1) is 16.2. The number of hydrogen-bond donors (Lipinski definition) is 1. The maximum Gasteiger partial charge on any atom is 0.188 e. The fraction of sp³-hybridized carbons (Fsp3) is 0.471. The van der Waals surface area contributed by atoms with E-state index in [9.17, 15) is 5.11 Å². The van der Waals surface area contributed by atoms with Gasteiger partial charge < -0.3 is 19.5 Å². The average Bonchev–Trinajstić information content (AvgIpc) is 2.98. The van der Waals surface area contributed by atoms with Crippen LogP contribution in [0.5, 0.6) is 5.75 Å². The molecule has 2 aromatic rings. The van der Waals surface area contributed by atoms with Crippen molar-refractivity contribution < 1.29 is 14.6 Å². The Balaban J connectivity index is 2.01. The molecule has 1 N–H and O–H groups in total. The zero-order valence-corrected chi connectivity index (χ0v) is 14.5. The summed E-state index contributed by atoms with van der Waals surface area (Å²) in [5.41, 5.74) is 3.03. The Bertz CT molecular complexity index is 684. The van der Waals surface area contributed by atoms with E-state index >= 15 is 0 Å². The van der Waals surface area contributed by atoms with Crippen molar-refractivity contribution >= 4 is 17.0 Å². The quantitative estimate of drug-likeness (QED) is 0.851. The third-order valence-electron chi connectivity index (χ3n) is 3.97. The zero-order valence-electron chi connectivity index (χ0n) is 13.7. The van der Waals surface area contributed by atoms with Gasteiger partial charge in [0.15, 0.2) is 6.79 Å². The molecular weight excluding hydrogens is 312 g/mol. The van der Waals surface area contributed by atoms with E-state index in [-0.39, 0.29) is 12.9 Å². The van der Waals surface area contributed by atoms with Crippen LogP contribution in [0.3, 0.4) is 0 Å². The molecule has 0 aliphatic heterocycles. The van der Waals surface area contributed by atoms with E-state index in [2.05, 4.69) is 0 Å². The summed E-state index contributed by atoms with van der Waals surface area (Å²) < 4.78 is 10.8. The molecule has 1 unspecified atom stereocenters. The Kier molecular flexibility index (Phi) is 4.84. The molecule has 0 saturated heterocycles. The number of nitrogens with zero attached hydrogens (tertiary/aromatic N) is 2. The summed E-state index contributed by atoms with van der Waals surface area (Å²) in [6, 6.07) is 6.06. The van der Waals surface area contributed by atoms with Crippen molar-refractivity contribution in [2.75, 3.05) is 32.9 Å². The Morgan fingerprint density at radius 3 is 2.91 bits per heavy atom. The largest absolute Gasteiger partial charge is 0.467 e. The lowest BCUT2D eigenvalue weighted by Gasteiger charge is -2.16. The third-order valence-corrected chi connectivity index (χ3v) is 5.20. The minimum atomic E-state index is -0.380. The van der Waals surface area contributed by atoms with Gasteiger partial charge in [0.2, 0.25) is 0 Å². The first-order valence-corrected chi connectivity index (χ1v) is 8.53. The van der Waals surface area contributed by atoms with Gasteiger partial charge in [0.25, 0.3) is 0 Å². The fourth-order valence-electron chi connectivity index (χ4n) is 2.72. The van der Waals surface area contributed by atoms with Crippen LogP contribution in [0.1, 0.15) is 29.5 Å². The van der Waals surface area contributed by atoms with Crippen molar-refractivity contribution in [3.63, 3.8) is 0 Å². The third kappa shape index (κ3) is 3.34. The van der Waals surface area contributed by atoms with E-state index in [0.29, 0.717) is 0 Å². The molecule has 124 valence electrons. The predicted molar refractivity (Wildman–Crippen MR) is 92.3 cm³/mol. The molecule has 1 atom stereocenters. The number of ether oxygens (including phenoxy) is 2. The summed E-state index contributed by atoms with van der Waals surface area (Å²) in [5.74, 6) is 0.749. The highest BCUT2D eigenvalue weighted by molar-refractivity contribution is 7.15. The number of thiazole rings is 1. The van der Waals surface area contributed by atoms with Crippen molar-refractivity contribution in [3.05, 3.63) is 28.8 Å². The average molecular weight is 334 g/mol. The second-order valence-corrected chi connectivity index (χ2v) is 6.89. The summed E-state index contributed by atoms with van der Waals surface area (Å²) in [7, 11) is 5.59. The number of aromatic nitrogens is 1. The lowest BCUT2D eigenvalue weighted by atomic mass is 10.0. The first-order valence-electron chi connectivity index (χ1n) is 7.71. The minimum Gasteiger partial charge on any atom is -0.467 e. The second kappa shape index (κ2) is 6.86. The van der Waals surface area contributed by atoms with Crippen LogP contribution in [0, 0.1) is 0 Å². The van der Waals surface area contributed by atoms with Crippen LogP contribution < -0.4 is 9.64 Å². The number of fused-ring (bicyclic) bond motifs is 1. The molecule has 6 heteroatoms. The van der Waals surface area contributed by atoms with Crippen molar-refractivity contribution in [1.29, 1.82) is 0 Å². The molecule has 1 aliphatic rings. The number of anilines is 1. The number of aliphatic hydroxyl groups excluding tert-OH is 1. The van der Waals surface area contributed by atoms with Crippen molar-refractivity contribution in [3.8, 4) is 16.3 Å². The molecule has 3 rings (SSSR count). The molecule has 1 aromatic heterocycles. The highest BCUT2D eigenvalue weighted by atomic mass is 32.1. The van der Waals surface area contributed by atoms with E-state index in [1.54, 1.807) is 18.4 Å². The van der Waals surface area contributed by atoms with E-state index in [1.165, 1.54) is 0 Å². The first-order chi connectivity index (χ1) is 11.1. The van der Waals surface area contributed by atoms with Gasteiger partial charge in [0, 0.05) is 33.0 Å².